The summed E-state index contributed by atoms with van der Waals surface area (Å²) >= 11 is 0. The van der Waals surface area contributed by atoms with E-state index < -0.39 is 5.54 Å². The normalized spacial score (nSPS) is 28.4. The molecule has 5 nitrogen and oxygen atoms in total. The number of nitrogens with one attached hydrogen (secondary N) is 2. The Labute approximate surface area is 152 Å². The molecule has 2 rings (SSSR count). The number of nitrogens with zero attached hydrogens (tertiary/aromatic N) is 1. The molecule has 0 heterocycles. The maximum atomic E-state index is 12.6. The van der Waals surface area contributed by atoms with E-state index in [0.717, 1.165) is 58.0 Å². The molecule has 1 amide bonds. The number of carbonyl (C=O) groups is 1. The molecule has 0 aromatic rings. The van der Waals surface area contributed by atoms with Gasteiger partial charge >= 0.3 is 0 Å². The smallest absolute Gasteiger partial charge is 0.238 e. The number of unbranched alkanes of at least 4 members (excludes halogenated alkanes) is 1. The molecule has 142 valence electrons. The molecule has 0 bridgehead atoms. The van der Waals surface area contributed by atoms with E-state index >= 15 is 0 Å². The molecule has 2 saturated carbocycles. The van der Waals surface area contributed by atoms with Crippen molar-refractivity contribution in [1.29, 1.82) is 5.26 Å². The van der Waals surface area contributed by atoms with Crippen LogP contribution in [0.2, 0.25) is 0 Å². The van der Waals surface area contributed by atoms with Gasteiger partial charge < -0.3 is 15.4 Å². The van der Waals surface area contributed by atoms with E-state index in [-0.39, 0.29) is 29.5 Å². The highest BCUT2D eigenvalue weighted by molar-refractivity contribution is 5.82. The Morgan fingerprint density at radius 2 is 2.00 bits per heavy atom. The second-order valence-corrected chi connectivity index (χ2v) is 8.45. The van der Waals surface area contributed by atoms with Crippen molar-refractivity contribution in [2.75, 3.05) is 6.61 Å². The molecule has 0 spiro atoms. The van der Waals surface area contributed by atoms with Gasteiger partial charge in [0, 0.05) is 18.1 Å². The number of ether oxygens (including phenoxy) is 1. The molecule has 2 fully saturated rings. The predicted molar refractivity (Wildman–Crippen MR) is 99.0 cm³/mol. The average molecular weight is 350 g/mol. The Hall–Kier alpha value is -1.12. The van der Waals surface area contributed by atoms with Gasteiger partial charge in [-0.3, -0.25) is 4.79 Å². The molecular weight excluding hydrogens is 314 g/mol. The molecule has 2 aliphatic carbocycles. The van der Waals surface area contributed by atoms with Gasteiger partial charge in [0.2, 0.25) is 5.91 Å². The maximum absolute atomic E-state index is 12.6. The number of carbonyl (C=O) groups excluding carboxylic acids is 1. The summed E-state index contributed by atoms with van der Waals surface area (Å²) in [5.74, 6) is -0.0606. The fourth-order valence-electron chi connectivity index (χ4n) is 3.96. The lowest BCUT2D eigenvalue weighted by Crippen LogP contribution is -2.65. The van der Waals surface area contributed by atoms with Gasteiger partial charge in [0.1, 0.15) is 5.54 Å². The molecule has 2 aliphatic rings. The van der Waals surface area contributed by atoms with Crippen LogP contribution in [0.3, 0.4) is 0 Å². The molecular formula is C20H35N3O2. The van der Waals surface area contributed by atoms with Crippen LogP contribution in [0.4, 0.5) is 0 Å². The first-order valence-corrected chi connectivity index (χ1v) is 9.95. The van der Waals surface area contributed by atoms with Gasteiger partial charge in [-0.05, 0) is 32.6 Å². The fraction of sp³-hybridized carbons (Fsp3) is 0.900. The third-order valence-corrected chi connectivity index (χ3v) is 6.12. The van der Waals surface area contributed by atoms with Crippen LogP contribution in [0.5, 0.6) is 0 Å². The standard InChI is InChI=1S/C20H35N3O2/c1-5-6-12-25-17-13-16(19(17,3)4)22-15(2)18(24)23-20(14-21)10-8-7-9-11-20/h15-17,22H,5-13H2,1-4H3,(H,23,24). The van der Waals surface area contributed by atoms with Gasteiger partial charge in [-0.25, -0.2) is 0 Å². The van der Waals surface area contributed by atoms with Crippen molar-refractivity contribution >= 4 is 5.91 Å². The topological polar surface area (TPSA) is 74.2 Å². The summed E-state index contributed by atoms with van der Waals surface area (Å²) in [5.41, 5.74) is -0.633. The minimum atomic E-state index is -0.661. The first kappa shape index (κ1) is 20.2. The molecule has 3 atom stereocenters. The highest BCUT2D eigenvalue weighted by atomic mass is 16.5. The first-order chi connectivity index (χ1) is 11.8. The summed E-state index contributed by atoms with van der Waals surface area (Å²) < 4.78 is 5.98. The molecule has 3 unspecified atom stereocenters. The highest BCUT2D eigenvalue weighted by Gasteiger charge is 2.49. The largest absolute Gasteiger partial charge is 0.378 e. The molecule has 0 saturated heterocycles. The van der Waals surface area contributed by atoms with Crippen LogP contribution in [0.1, 0.15) is 79.1 Å². The lowest BCUT2D eigenvalue weighted by molar-refractivity contribution is -0.132. The second kappa shape index (κ2) is 8.51. The molecule has 25 heavy (non-hydrogen) atoms. The van der Waals surface area contributed by atoms with Crippen LogP contribution < -0.4 is 10.6 Å². The monoisotopic (exact) mass is 349 g/mol. The highest BCUT2D eigenvalue weighted by Crippen LogP contribution is 2.43. The third kappa shape index (κ3) is 4.74. The van der Waals surface area contributed by atoms with Crippen molar-refractivity contribution in [3.8, 4) is 6.07 Å². The zero-order chi connectivity index (χ0) is 18.5. The Kier molecular flexibility index (Phi) is 6.87. The number of amides is 1. The lowest BCUT2D eigenvalue weighted by Gasteiger charge is -2.52. The summed E-state index contributed by atoms with van der Waals surface area (Å²) in [6.07, 6.45) is 8.17. The first-order valence-electron chi connectivity index (χ1n) is 9.95. The molecule has 0 aromatic heterocycles. The Balaban J connectivity index is 1.82. The van der Waals surface area contributed by atoms with Gasteiger partial charge in [-0.2, -0.15) is 5.26 Å². The predicted octanol–water partition coefficient (Wildman–Crippen LogP) is 3.29. The van der Waals surface area contributed by atoms with Gasteiger partial charge in [-0.15, -0.1) is 0 Å². The quantitative estimate of drug-likeness (QED) is 0.660. The number of nitriles is 1. The Bertz CT molecular complexity index is 492. The summed E-state index contributed by atoms with van der Waals surface area (Å²) in [4.78, 5) is 12.6. The van der Waals surface area contributed by atoms with Crippen LogP contribution in [0.15, 0.2) is 0 Å². The summed E-state index contributed by atoms with van der Waals surface area (Å²) in [6.45, 7) is 9.28. The van der Waals surface area contributed by atoms with Crippen molar-refractivity contribution in [3.05, 3.63) is 0 Å². The van der Waals surface area contributed by atoms with E-state index in [2.05, 4.69) is 37.5 Å². The minimum Gasteiger partial charge on any atom is -0.378 e. The Morgan fingerprint density at radius 3 is 2.56 bits per heavy atom. The van der Waals surface area contributed by atoms with Crippen LogP contribution >= 0.6 is 0 Å². The number of hydrogen-bond acceptors (Lipinski definition) is 4. The fourth-order valence-corrected chi connectivity index (χ4v) is 3.96. The number of hydrogen-bond donors (Lipinski definition) is 2. The molecule has 0 aromatic carbocycles. The van der Waals surface area contributed by atoms with Gasteiger partial charge in [0.25, 0.3) is 0 Å². The number of rotatable bonds is 8. The molecule has 0 aliphatic heterocycles. The van der Waals surface area contributed by atoms with Crippen LogP contribution in [0, 0.1) is 16.7 Å². The maximum Gasteiger partial charge on any atom is 0.238 e. The summed E-state index contributed by atoms with van der Waals surface area (Å²) in [6, 6.07) is 2.33. The molecule has 5 heteroatoms. The summed E-state index contributed by atoms with van der Waals surface area (Å²) in [5, 5.41) is 16.0. The zero-order valence-electron chi connectivity index (χ0n) is 16.4. The van der Waals surface area contributed by atoms with E-state index in [1.807, 2.05) is 6.92 Å². The van der Waals surface area contributed by atoms with E-state index in [0.29, 0.717) is 0 Å². The minimum absolute atomic E-state index is 0.0278. The summed E-state index contributed by atoms with van der Waals surface area (Å²) in [7, 11) is 0. The van der Waals surface area contributed by atoms with Gasteiger partial charge in [-0.1, -0.05) is 46.5 Å². The van der Waals surface area contributed by atoms with Crippen molar-refractivity contribution < 1.29 is 9.53 Å². The van der Waals surface area contributed by atoms with Crippen molar-refractivity contribution in [2.45, 2.75) is 103 Å². The van der Waals surface area contributed by atoms with E-state index in [4.69, 9.17) is 4.74 Å². The van der Waals surface area contributed by atoms with Crippen molar-refractivity contribution in [3.63, 3.8) is 0 Å². The molecule has 0 radical (unpaired) electrons. The van der Waals surface area contributed by atoms with Crippen molar-refractivity contribution in [2.24, 2.45) is 5.41 Å². The lowest BCUT2D eigenvalue weighted by atomic mass is 9.64. The average Bonchev–Trinajstić information content (AvgIpc) is 2.60. The van der Waals surface area contributed by atoms with Crippen LogP contribution in [-0.4, -0.2) is 36.2 Å². The van der Waals surface area contributed by atoms with Crippen LogP contribution in [-0.2, 0) is 9.53 Å². The molecule has 2 N–H and O–H groups in total. The zero-order valence-corrected chi connectivity index (χ0v) is 16.4. The van der Waals surface area contributed by atoms with Crippen molar-refractivity contribution in [1.82, 2.24) is 10.6 Å². The third-order valence-electron chi connectivity index (χ3n) is 6.12. The van der Waals surface area contributed by atoms with Gasteiger partial charge in [0.15, 0.2) is 0 Å². The van der Waals surface area contributed by atoms with E-state index in [1.165, 1.54) is 0 Å². The van der Waals surface area contributed by atoms with E-state index in [9.17, 15) is 10.1 Å². The SMILES string of the molecule is CCCCOC1CC(NC(C)C(=O)NC2(C#N)CCCCC2)C1(C)C. The van der Waals surface area contributed by atoms with Crippen LogP contribution in [0.25, 0.3) is 0 Å². The van der Waals surface area contributed by atoms with E-state index in [1.54, 1.807) is 0 Å². The second-order valence-electron chi connectivity index (χ2n) is 8.45. The Morgan fingerprint density at radius 1 is 1.32 bits per heavy atom. The van der Waals surface area contributed by atoms with Gasteiger partial charge in [0.05, 0.1) is 18.2 Å².